The van der Waals surface area contributed by atoms with Gasteiger partial charge >= 0.3 is 0 Å². The monoisotopic (exact) mass is 351 g/mol. The molecule has 0 aliphatic heterocycles. The first-order valence-electron chi connectivity index (χ1n) is 8.76. The van der Waals surface area contributed by atoms with Crippen LogP contribution in [0.3, 0.4) is 0 Å². The zero-order chi connectivity index (χ0) is 18.8. The van der Waals surface area contributed by atoms with Crippen LogP contribution in [0.25, 0.3) is 0 Å². The van der Waals surface area contributed by atoms with Crippen molar-refractivity contribution in [1.29, 1.82) is 0 Å². The lowest BCUT2D eigenvalue weighted by Crippen LogP contribution is -2.20. The smallest absolute Gasteiger partial charge is 0.240 e. The van der Waals surface area contributed by atoms with Crippen LogP contribution in [-0.2, 0) is 16.0 Å². The van der Waals surface area contributed by atoms with Crippen molar-refractivity contribution in [3.8, 4) is 0 Å². The van der Waals surface area contributed by atoms with Gasteiger partial charge in [0.2, 0.25) is 11.8 Å². The van der Waals surface area contributed by atoms with Gasteiger partial charge in [0.15, 0.2) is 0 Å². The Labute approximate surface area is 154 Å². The van der Waals surface area contributed by atoms with Crippen molar-refractivity contribution in [2.24, 2.45) is 5.10 Å². The summed E-state index contributed by atoms with van der Waals surface area (Å²) >= 11 is 0. The fourth-order valence-corrected chi connectivity index (χ4v) is 2.42. The Morgan fingerprint density at radius 1 is 1.00 bits per heavy atom. The molecule has 2 amide bonds. The largest absolute Gasteiger partial charge is 0.326 e. The molecule has 0 bridgehead atoms. The van der Waals surface area contributed by atoms with E-state index in [4.69, 9.17) is 0 Å². The minimum absolute atomic E-state index is 0.104. The molecule has 0 atom stereocenters. The zero-order valence-corrected chi connectivity index (χ0v) is 15.3. The van der Waals surface area contributed by atoms with E-state index in [-0.39, 0.29) is 24.7 Å². The van der Waals surface area contributed by atoms with Gasteiger partial charge in [0, 0.05) is 24.7 Å². The molecule has 2 aromatic carbocycles. The van der Waals surface area contributed by atoms with Crippen LogP contribution < -0.4 is 10.7 Å². The van der Waals surface area contributed by atoms with Crippen molar-refractivity contribution >= 4 is 23.7 Å². The van der Waals surface area contributed by atoms with Crippen molar-refractivity contribution in [1.82, 2.24) is 5.43 Å². The normalized spacial score (nSPS) is 10.7. The first-order chi connectivity index (χ1) is 12.5. The maximum atomic E-state index is 12.0. The second-order valence-electron chi connectivity index (χ2n) is 6.24. The highest BCUT2D eigenvalue weighted by Gasteiger charge is 2.08. The van der Waals surface area contributed by atoms with Gasteiger partial charge in [-0.15, -0.1) is 0 Å². The molecule has 5 heteroatoms. The van der Waals surface area contributed by atoms with E-state index in [0.29, 0.717) is 0 Å². The van der Waals surface area contributed by atoms with Crippen LogP contribution >= 0.6 is 0 Å². The summed E-state index contributed by atoms with van der Waals surface area (Å²) in [6, 6.07) is 16.0. The van der Waals surface area contributed by atoms with Gasteiger partial charge in [0.05, 0.1) is 0 Å². The molecule has 5 nitrogen and oxygen atoms in total. The summed E-state index contributed by atoms with van der Waals surface area (Å²) in [7, 11) is 0. The molecule has 0 aliphatic carbocycles. The van der Waals surface area contributed by atoms with E-state index in [1.165, 1.54) is 5.56 Å². The third-order valence-corrected chi connectivity index (χ3v) is 3.93. The third-order valence-electron chi connectivity index (χ3n) is 3.93. The molecule has 2 N–H and O–H groups in total. The fraction of sp³-hybridized carbons (Fsp3) is 0.286. The maximum Gasteiger partial charge on any atom is 0.240 e. The average molecular weight is 351 g/mol. The second kappa shape index (κ2) is 10.1. The molecule has 0 aliphatic rings. The van der Waals surface area contributed by atoms with Gasteiger partial charge in [-0.05, 0) is 49.4 Å². The summed E-state index contributed by atoms with van der Waals surface area (Å²) in [5, 5.41) is 6.76. The van der Waals surface area contributed by atoms with Crippen LogP contribution in [0.2, 0.25) is 0 Å². The average Bonchev–Trinajstić information content (AvgIpc) is 2.63. The molecule has 0 radical (unpaired) electrons. The topological polar surface area (TPSA) is 70.6 Å². The Hall–Kier alpha value is -2.95. The van der Waals surface area contributed by atoms with Gasteiger partial charge in [-0.25, -0.2) is 5.43 Å². The van der Waals surface area contributed by atoms with Crippen molar-refractivity contribution in [2.75, 3.05) is 5.32 Å². The highest BCUT2D eigenvalue weighted by molar-refractivity contribution is 5.93. The minimum Gasteiger partial charge on any atom is -0.326 e. The van der Waals surface area contributed by atoms with E-state index in [1.807, 2.05) is 50.2 Å². The fourth-order valence-electron chi connectivity index (χ4n) is 2.42. The molecule has 136 valence electrons. The summed E-state index contributed by atoms with van der Waals surface area (Å²) in [6.45, 7) is 3.91. The Morgan fingerprint density at radius 3 is 2.50 bits per heavy atom. The Bertz CT molecular complexity index is 770. The predicted molar refractivity (Wildman–Crippen MR) is 105 cm³/mol. The maximum absolute atomic E-state index is 12.0. The second-order valence-corrected chi connectivity index (χ2v) is 6.24. The summed E-state index contributed by atoms with van der Waals surface area (Å²) in [5.41, 5.74) is 6.55. The first-order valence-corrected chi connectivity index (χ1v) is 8.76. The number of amides is 2. The van der Waals surface area contributed by atoms with E-state index < -0.39 is 0 Å². The Kier molecular flexibility index (Phi) is 7.55. The quantitative estimate of drug-likeness (QED) is 0.561. The number of hydrazone groups is 1. The van der Waals surface area contributed by atoms with Gasteiger partial charge in [-0.3, -0.25) is 9.59 Å². The van der Waals surface area contributed by atoms with Crippen molar-refractivity contribution in [2.45, 2.75) is 39.5 Å². The lowest BCUT2D eigenvalue weighted by molar-refractivity contribution is -0.124. The number of anilines is 1. The number of carbonyl (C=O) groups excluding carboxylic acids is 2. The number of hydrogen-bond donors (Lipinski definition) is 2. The molecule has 0 saturated heterocycles. The van der Waals surface area contributed by atoms with Crippen LogP contribution in [0.5, 0.6) is 0 Å². The molecule has 0 heterocycles. The van der Waals surface area contributed by atoms with Crippen LogP contribution in [0.1, 0.15) is 36.0 Å². The molecule has 0 spiro atoms. The minimum atomic E-state index is -0.267. The predicted octanol–water partition coefficient (Wildman–Crippen LogP) is 3.76. The van der Waals surface area contributed by atoms with Gasteiger partial charge < -0.3 is 5.32 Å². The van der Waals surface area contributed by atoms with E-state index >= 15 is 0 Å². The summed E-state index contributed by atoms with van der Waals surface area (Å²) in [4.78, 5) is 23.7. The number of rotatable bonds is 8. The highest BCUT2D eigenvalue weighted by atomic mass is 16.2. The van der Waals surface area contributed by atoms with Crippen LogP contribution in [0.15, 0.2) is 53.6 Å². The number of nitrogens with zero attached hydrogens (tertiary/aromatic N) is 1. The SMILES string of the molecule is Cc1ccc(C)c(NC(=O)CCC(=O)NN=CCCc2ccccc2)c1. The molecule has 0 aromatic heterocycles. The molecule has 2 aromatic rings. The number of nitrogens with one attached hydrogen (secondary N) is 2. The van der Waals surface area contributed by atoms with Gasteiger partial charge in [0.25, 0.3) is 0 Å². The number of benzene rings is 2. The highest BCUT2D eigenvalue weighted by Crippen LogP contribution is 2.16. The van der Waals surface area contributed by atoms with Crippen molar-refractivity contribution < 1.29 is 9.59 Å². The van der Waals surface area contributed by atoms with E-state index in [0.717, 1.165) is 29.7 Å². The Balaban J connectivity index is 1.65. The summed E-state index contributed by atoms with van der Waals surface area (Å²) < 4.78 is 0. The van der Waals surface area contributed by atoms with Gasteiger partial charge in [-0.2, -0.15) is 5.10 Å². The summed E-state index contributed by atoms with van der Waals surface area (Å²) in [5.74, 6) is -0.445. The van der Waals surface area contributed by atoms with Gasteiger partial charge in [-0.1, -0.05) is 42.5 Å². The lowest BCUT2D eigenvalue weighted by Gasteiger charge is -2.09. The molecule has 2 rings (SSSR count). The standard InChI is InChI=1S/C21H25N3O2/c1-16-10-11-17(2)19(15-16)23-20(25)12-13-21(26)24-22-14-6-9-18-7-4-3-5-8-18/h3-5,7-8,10-11,14-15H,6,9,12-13H2,1-2H3,(H,23,25)(H,24,26). The zero-order valence-electron chi connectivity index (χ0n) is 15.3. The van der Waals surface area contributed by atoms with E-state index in [9.17, 15) is 9.59 Å². The Morgan fingerprint density at radius 2 is 1.73 bits per heavy atom. The van der Waals surface area contributed by atoms with Crippen LogP contribution in [0, 0.1) is 13.8 Å². The number of aryl methyl sites for hydroxylation is 3. The lowest BCUT2D eigenvalue weighted by atomic mass is 10.1. The summed E-state index contributed by atoms with van der Waals surface area (Å²) in [6.07, 6.45) is 3.53. The molecule has 0 saturated carbocycles. The molecular weight excluding hydrogens is 326 g/mol. The molecule has 26 heavy (non-hydrogen) atoms. The van der Waals surface area contributed by atoms with Crippen LogP contribution in [-0.4, -0.2) is 18.0 Å². The van der Waals surface area contributed by atoms with Gasteiger partial charge in [0.1, 0.15) is 0 Å². The third kappa shape index (κ3) is 6.89. The molecular formula is C21H25N3O2. The number of carbonyl (C=O) groups is 2. The molecule has 0 unspecified atom stereocenters. The molecule has 0 fully saturated rings. The van der Waals surface area contributed by atoms with E-state index in [2.05, 4.69) is 28.0 Å². The van der Waals surface area contributed by atoms with Crippen molar-refractivity contribution in [3.63, 3.8) is 0 Å². The van der Waals surface area contributed by atoms with Crippen LogP contribution in [0.4, 0.5) is 5.69 Å². The number of hydrogen-bond acceptors (Lipinski definition) is 3. The van der Waals surface area contributed by atoms with Crippen molar-refractivity contribution in [3.05, 3.63) is 65.2 Å². The first kappa shape index (κ1) is 19.4. The van der Waals surface area contributed by atoms with E-state index in [1.54, 1.807) is 6.21 Å².